The summed E-state index contributed by atoms with van der Waals surface area (Å²) in [4.78, 5) is 19.0. The van der Waals surface area contributed by atoms with Gasteiger partial charge in [0, 0.05) is 32.7 Å². The molecule has 0 aliphatic carbocycles. The zero-order chi connectivity index (χ0) is 24.9. The maximum Gasteiger partial charge on any atom is 0.260 e. The molecule has 3 heterocycles. The molecule has 0 radical (unpaired) electrons. The van der Waals surface area contributed by atoms with E-state index in [9.17, 15) is 21.6 Å². The fraction of sp³-hybridized carbons (Fsp3) is 0.478. The van der Waals surface area contributed by atoms with Gasteiger partial charge in [-0.25, -0.2) is 21.8 Å². The summed E-state index contributed by atoms with van der Waals surface area (Å²) in [5.41, 5.74) is 6.81. The van der Waals surface area contributed by atoms with Crippen LogP contribution in [-0.2, 0) is 31.2 Å². The quantitative estimate of drug-likeness (QED) is 0.546. The molecule has 1 aromatic rings. The fourth-order valence-electron chi connectivity index (χ4n) is 4.17. The third-order valence-corrected chi connectivity index (χ3v) is 9.50. The summed E-state index contributed by atoms with van der Waals surface area (Å²) in [6.45, 7) is 6.53. The molecule has 1 amide bonds. The van der Waals surface area contributed by atoms with Crippen LogP contribution in [0.5, 0.6) is 0 Å². The highest BCUT2D eigenvalue weighted by Gasteiger charge is 2.40. The van der Waals surface area contributed by atoms with Crippen molar-refractivity contribution in [3.63, 3.8) is 0 Å². The molecule has 2 N–H and O–H groups in total. The molecule has 3 rings (SSSR count). The average Bonchev–Trinajstić information content (AvgIpc) is 2.83. The third-order valence-electron chi connectivity index (χ3n) is 6.16. The van der Waals surface area contributed by atoms with Crippen molar-refractivity contribution in [1.82, 2.24) is 14.2 Å². The second-order valence-corrected chi connectivity index (χ2v) is 12.7. The number of piperidine rings is 1. The van der Waals surface area contributed by atoms with Gasteiger partial charge in [-0.2, -0.15) is 4.31 Å². The molecule has 11 heteroatoms. The summed E-state index contributed by atoms with van der Waals surface area (Å²) >= 11 is 0. The van der Waals surface area contributed by atoms with Crippen LogP contribution in [0.25, 0.3) is 0 Å². The Kier molecular flexibility index (Phi) is 8.45. The van der Waals surface area contributed by atoms with Gasteiger partial charge in [-0.15, -0.1) is 0 Å². The number of pyridine rings is 1. The number of hydrogen-bond donors (Lipinski definition) is 1. The van der Waals surface area contributed by atoms with Gasteiger partial charge in [0.25, 0.3) is 10.0 Å². The Hall–Kier alpha value is -2.34. The lowest BCUT2D eigenvalue weighted by atomic mass is 9.85. The zero-order valence-electron chi connectivity index (χ0n) is 19.3. The molecule has 0 aromatic carbocycles. The highest BCUT2D eigenvalue weighted by molar-refractivity contribution is 7.91. The molecule has 0 bridgehead atoms. The molecule has 1 aromatic heterocycles. The topological polar surface area (TPSA) is 131 Å². The number of hydrogen-bond acceptors (Lipinski definition) is 7. The summed E-state index contributed by atoms with van der Waals surface area (Å²) in [5, 5.41) is -0.110. The van der Waals surface area contributed by atoms with Crippen molar-refractivity contribution in [2.75, 3.05) is 37.7 Å². The van der Waals surface area contributed by atoms with Gasteiger partial charge < -0.3 is 10.6 Å². The van der Waals surface area contributed by atoms with Crippen LogP contribution in [0.3, 0.4) is 0 Å². The molecule has 0 unspecified atom stereocenters. The normalized spacial score (nSPS) is 24.0. The van der Waals surface area contributed by atoms with Crippen LogP contribution >= 0.6 is 0 Å². The molecule has 2 saturated heterocycles. The number of sulfone groups is 1. The number of rotatable bonds is 7. The van der Waals surface area contributed by atoms with Crippen LogP contribution < -0.4 is 5.73 Å². The minimum atomic E-state index is -3.98. The van der Waals surface area contributed by atoms with Crippen molar-refractivity contribution in [2.45, 2.75) is 24.9 Å². The van der Waals surface area contributed by atoms with Gasteiger partial charge in [0.15, 0.2) is 14.9 Å². The van der Waals surface area contributed by atoms with Crippen LogP contribution in [-0.4, -0.2) is 74.6 Å². The van der Waals surface area contributed by atoms with E-state index in [1.165, 1.54) is 15.3 Å². The van der Waals surface area contributed by atoms with Crippen molar-refractivity contribution in [1.29, 1.82) is 0 Å². The summed E-state index contributed by atoms with van der Waals surface area (Å²) < 4.78 is 51.8. The first-order chi connectivity index (χ1) is 16.1. The second kappa shape index (κ2) is 10.9. The predicted molar refractivity (Wildman–Crippen MR) is 131 cm³/mol. The molecule has 0 saturated carbocycles. The Balaban J connectivity index is 1.89. The highest BCUT2D eigenvalue weighted by Crippen LogP contribution is 2.32. The zero-order valence-corrected chi connectivity index (χ0v) is 21.0. The number of aromatic nitrogens is 1. The monoisotopic (exact) mass is 508 g/mol. The van der Waals surface area contributed by atoms with Gasteiger partial charge >= 0.3 is 0 Å². The Morgan fingerprint density at radius 1 is 1.21 bits per heavy atom. The number of nitrogens with two attached hydrogens (primary N) is 1. The van der Waals surface area contributed by atoms with Crippen molar-refractivity contribution in [3.05, 3.63) is 60.3 Å². The predicted octanol–water partition coefficient (Wildman–Crippen LogP) is 1.11. The Morgan fingerprint density at radius 2 is 1.88 bits per heavy atom. The van der Waals surface area contributed by atoms with Gasteiger partial charge in [-0.1, -0.05) is 42.5 Å². The Labute approximate surface area is 202 Å². The standard InChI is InChI=1S/C23H32N4O5S2/c1-3-4-5-7-18(2)19-14-20(23(28)26-10-12-33(29,30)13-11-26)17-27(16-19)34(31,32)22-9-6-8-21(15-24)25-22/h3-9,19-20H,2,10-17,24H2,1H3/b4-3-,7-5-/t19-,20+/m1/s1. The molecule has 2 atom stereocenters. The van der Waals surface area contributed by atoms with E-state index in [1.807, 2.05) is 31.2 Å². The van der Waals surface area contributed by atoms with Crippen molar-refractivity contribution >= 4 is 25.8 Å². The number of carbonyl (C=O) groups is 1. The Bertz CT molecular complexity index is 1180. The SMILES string of the molecule is C=C(/C=C\C=C/C)[C@@H]1C[C@H](C(=O)N2CCS(=O)(=O)CC2)CN(S(=O)(=O)c2cccc(CN)n2)C1. The largest absolute Gasteiger partial charge is 0.340 e. The van der Waals surface area contributed by atoms with Crippen LogP contribution in [0.2, 0.25) is 0 Å². The first kappa shape index (κ1) is 26.3. The second-order valence-electron chi connectivity index (χ2n) is 8.56. The number of amides is 1. The maximum absolute atomic E-state index is 13.5. The molecule has 2 aliphatic heterocycles. The van der Waals surface area contributed by atoms with E-state index >= 15 is 0 Å². The molecule has 186 valence electrons. The van der Waals surface area contributed by atoms with Crippen LogP contribution in [0.4, 0.5) is 0 Å². The fourth-order valence-corrected chi connectivity index (χ4v) is 6.87. The number of allylic oxidation sites excluding steroid dienone is 4. The van der Waals surface area contributed by atoms with Crippen LogP contribution in [0, 0.1) is 11.8 Å². The van der Waals surface area contributed by atoms with Crippen LogP contribution in [0.1, 0.15) is 19.0 Å². The lowest BCUT2D eigenvalue weighted by molar-refractivity contribution is -0.136. The van der Waals surface area contributed by atoms with Gasteiger partial charge in [-0.05, 0) is 31.4 Å². The third kappa shape index (κ3) is 6.21. The van der Waals surface area contributed by atoms with Crippen LogP contribution in [0.15, 0.2) is 59.7 Å². The van der Waals surface area contributed by atoms with E-state index in [2.05, 4.69) is 11.6 Å². The van der Waals surface area contributed by atoms with Crippen molar-refractivity contribution < 1.29 is 21.6 Å². The highest BCUT2D eigenvalue weighted by atomic mass is 32.2. The average molecular weight is 509 g/mol. The summed E-state index contributed by atoms with van der Waals surface area (Å²) in [6, 6.07) is 4.67. The molecule has 2 fully saturated rings. The van der Waals surface area contributed by atoms with E-state index in [0.717, 1.165) is 5.57 Å². The van der Waals surface area contributed by atoms with Gasteiger partial charge in [-0.3, -0.25) is 4.79 Å². The lowest BCUT2D eigenvalue weighted by Gasteiger charge is -2.39. The smallest absolute Gasteiger partial charge is 0.260 e. The molecule has 34 heavy (non-hydrogen) atoms. The Morgan fingerprint density at radius 3 is 2.53 bits per heavy atom. The van der Waals surface area contributed by atoms with Gasteiger partial charge in [0.2, 0.25) is 5.91 Å². The summed E-state index contributed by atoms with van der Waals surface area (Å²) in [5.74, 6) is -1.27. The molecule has 9 nitrogen and oxygen atoms in total. The minimum Gasteiger partial charge on any atom is -0.340 e. The van der Waals surface area contributed by atoms with E-state index in [0.29, 0.717) is 12.1 Å². The molecule has 2 aliphatic rings. The summed E-state index contributed by atoms with van der Waals surface area (Å²) in [7, 11) is -7.12. The van der Waals surface area contributed by atoms with Gasteiger partial charge in [0.05, 0.1) is 23.1 Å². The first-order valence-electron chi connectivity index (χ1n) is 11.2. The molecule has 0 spiro atoms. The van der Waals surface area contributed by atoms with E-state index < -0.39 is 25.8 Å². The van der Waals surface area contributed by atoms with Crippen molar-refractivity contribution in [3.8, 4) is 0 Å². The van der Waals surface area contributed by atoms with Gasteiger partial charge in [0.1, 0.15) is 0 Å². The number of nitrogens with zero attached hydrogens (tertiary/aromatic N) is 3. The number of carbonyl (C=O) groups excluding carboxylic acids is 1. The summed E-state index contributed by atoms with van der Waals surface area (Å²) in [6.07, 6.45) is 7.80. The van der Waals surface area contributed by atoms with E-state index in [1.54, 1.807) is 12.1 Å². The lowest BCUT2D eigenvalue weighted by Crippen LogP contribution is -2.52. The van der Waals surface area contributed by atoms with E-state index in [4.69, 9.17) is 5.73 Å². The molecular weight excluding hydrogens is 476 g/mol. The number of sulfonamides is 1. The van der Waals surface area contributed by atoms with E-state index in [-0.39, 0.29) is 61.1 Å². The maximum atomic E-state index is 13.5. The molecular formula is C23H32N4O5S2. The van der Waals surface area contributed by atoms with Crippen molar-refractivity contribution in [2.24, 2.45) is 17.6 Å². The first-order valence-corrected chi connectivity index (χ1v) is 14.5. The minimum absolute atomic E-state index is 0.00130.